The molecular weight excluding hydrogens is 254 g/mol. The fraction of sp³-hybridized carbons (Fsp3) is 0.214. The average Bonchev–Trinajstić information content (AvgIpc) is 3.16. The van der Waals surface area contributed by atoms with Crippen LogP contribution in [0.1, 0.15) is 5.89 Å². The van der Waals surface area contributed by atoms with Crippen LogP contribution >= 0.6 is 0 Å². The highest BCUT2D eigenvalue weighted by molar-refractivity contribution is 5.51. The minimum absolute atomic E-state index is 0.553. The van der Waals surface area contributed by atoms with Crippen molar-refractivity contribution in [3.05, 3.63) is 54.9 Å². The van der Waals surface area contributed by atoms with Crippen molar-refractivity contribution in [2.24, 2.45) is 0 Å². The van der Waals surface area contributed by atoms with Gasteiger partial charge in [-0.05, 0) is 12.1 Å². The number of benzene rings is 1. The fourth-order valence-corrected chi connectivity index (χ4v) is 1.84. The van der Waals surface area contributed by atoms with Gasteiger partial charge in [0, 0.05) is 31.0 Å². The topological polar surface area (TPSA) is 68.8 Å². The summed E-state index contributed by atoms with van der Waals surface area (Å²) in [7, 11) is 0. The number of nitrogens with one attached hydrogen (secondary N) is 1. The van der Waals surface area contributed by atoms with Gasteiger partial charge in [0.25, 0.3) is 0 Å². The summed E-state index contributed by atoms with van der Waals surface area (Å²) in [5, 5.41) is 11.3. The van der Waals surface area contributed by atoms with Crippen LogP contribution in [0.5, 0.6) is 0 Å². The molecule has 0 aliphatic carbocycles. The minimum Gasteiger partial charge on any atom is -0.419 e. The Labute approximate surface area is 116 Å². The molecule has 0 saturated carbocycles. The van der Waals surface area contributed by atoms with Crippen LogP contribution in [0.15, 0.2) is 53.5 Å². The van der Waals surface area contributed by atoms with Gasteiger partial charge >= 0.3 is 0 Å². The largest absolute Gasteiger partial charge is 0.419 e. The summed E-state index contributed by atoms with van der Waals surface area (Å²) in [6.07, 6.45) is 5.49. The smallest absolute Gasteiger partial charge is 0.247 e. The number of hydrogen-bond acceptors (Lipinski definition) is 5. The summed E-state index contributed by atoms with van der Waals surface area (Å²) in [4.78, 5) is 3.99. The Morgan fingerprint density at radius 2 is 2.05 bits per heavy atom. The van der Waals surface area contributed by atoms with Crippen LogP contribution in [0.3, 0.4) is 0 Å². The third kappa shape index (κ3) is 3.10. The third-order valence-electron chi connectivity index (χ3n) is 2.87. The molecule has 0 radical (unpaired) electrons. The Morgan fingerprint density at radius 1 is 1.15 bits per heavy atom. The summed E-state index contributed by atoms with van der Waals surface area (Å²) in [5.74, 6) is 1.14. The molecule has 1 aromatic carbocycles. The summed E-state index contributed by atoms with van der Waals surface area (Å²) in [5.41, 5.74) is 0.935. The lowest BCUT2D eigenvalue weighted by atomic mass is 10.2. The normalized spacial score (nSPS) is 10.8. The first-order chi connectivity index (χ1) is 9.92. The number of imidazole rings is 1. The Kier molecular flexibility index (Phi) is 3.84. The highest BCUT2D eigenvalue weighted by Gasteiger charge is 2.07. The molecule has 0 saturated heterocycles. The van der Waals surface area contributed by atoms with E-state index in [9.17, 15) is 0 Å². The second-order valence-corrected chi connectivity index (χ2v) is 4.34. The maximum atomic E-state index is 5.60. The predicted molar refractivity (Wildman–Crippen MR) is 73.7 cm³/mol. The number of hydrogen-bond donors (Lipinski definition) is 1. The molecular formula is C14H15N5O. The van der Waals surface area contributed by atoms with E-state index >= 15 is 0 Å². The van der Waals surface area contributed by atoms with Crippen molar-refractivity contribution in [3.63, 3.8) is 0 Å². The quantitative estimate of drug-likeness (QED) is 0.690. The molecule has 2 aromatic heterocycles. The van der Waals surface area contributed by atoms with E-state index < -0.39 is 0 Å². The van der Waals surface area contributed by atoms with Gasteiger partial charge in [0.2, 0.25) is 11.8 Å². The molecule has 102 valence electrons. The Balaban J connectivity index is 1.50. The lowest BCUT2D eigenvalue weighted by molar-refractivity contribution is 0.470. The van der Waals surface area contributed by atoms with Gasteiger partial charge in [-0.1, -0.05) is 18.2 Å². The van der Waals surface area contributed by atoms with E-state index in [0.717, 1.165) is 18.7 Å². The monoisotopic (exact) mass is 269 g/mol. The third-order valence-corrected chi connectivity index (χ3v) is 2.87. The molecule has 0 fully saturated rings. The molecule has 6 nitrogen and oxygen atoms in total. The zero-order chi connectivity index (χ0) is 13.6. The summed E-state index contributed by atoms with van der Waals surface area (Å²) >= 11 is 0. The van der Waals surface area contributed by atoms with Crippen LogP contribution in [-0.2, 0) is 13.1 Å². The number of aromatic nitrogens is 4. The van der Waals surface area contributed by atoms with Gasteiger partial charge in [-0.15, -0.1) is 10.2 Å². The highest BCUT2D eigenvalue weighted by atomic mass is 16.4. The van der Waals surface area contributed by atoms with Gasteiger partial charge in [-0.25, -0.2) is 4.98 Å². The number of rotatable bonds is 6. The minimum atomic E-state index is 0.553. The van der Waals surface area contributed by atoms with Crippen molar-refractivity contribution < 1.29 is 4.42 Å². The summed E-state index contributed by atoms with van der Waals surface area (Å²) < 4.78 is 7.61. The first kappa shape index (κ1) is 12.6. The van der Waals surface area contributed by atoms with E-state index in [2.05, 4.69) is 20.5 Å². The van der Waals surface area contributed by atoms with Crippen molar-refractivity contribution >= 4 is 0 Å². The molecule has 0 bridgehead atoms. The van der Waals surface area contributed by atoms with Crippen LogP contribution in [-0.4, -0.2) is 26.3 Å². The first-order valence-electron chi connectivity index (χ1n) is 6.46. The SMILES string of the molecule is c1ccc(-c2nnc(CNCCn3ccnc3)o2)cc1. The molecule has 3 aromatic rings. The lowest BCUT2D eigenvalue weighted by Crippen LogP contribution is -2.19. The fourth-order valence-electron chi connectivity index (χ4n) is 1.84. The van der Waals surface area contributed by atoms with E-state index in [1.54, 1.807) is 12.5 Å². The van der Waals surface area contributed by atoms with E-state index in [1.807, 2.05) is 41.1 Å². The van der Waals surface area contributed by atoms with Crippen molar-refractivity contribution in [3.8, 4) is 11.5 Å². The van der Waals surface area contributed by atoms with E-state index in [4.69, 9.17) is 4.42 Å². The van der Waals surface area contributed by atoms with Gasteiger partial charge in [-0.2, -0.15) is 0 Å². The van der Waals surface area contributed by atoms with Gasteiger partial charge < -0.3 is 14.3 Å². The van der Waals surface area contributed by atoms with E-state index in [-0.39, 0.29) is 0 Å². The second-order valence-electron chi connectivity index (χ2n) is 4.34. The van der Waals surface area contributed by atoms with Gasteiger partial charge in [0.1, 0.15) is 0 Å². The zero-order valence-electron chi connectivity index (χ0n) is 10.9. The van der Waals surface area contributed by atoms with Gasteiger partial charge in [0.15, 0.2) is 0 Å². The van der Waals surface area contributed by atoms with Crippen molar-refractivity contribution in [1.29, 1.82) is 0 Å². The van der Waals surface area contributed by atoms with E-state index in [1.165, 1.54) is 0 Å². The Hall–Kier alpha value is -2.47. The molecule has 20 heavy (non-hydrogen) atoms. The first-order valence-corrected chi connectivity index (χ1v) is 6.46. The second kappa shape index (κ2) is 6.12. The average molecular weight is 269 g/mol. The maximum Gasteiger partial charge on any atom is 0.247 e. The lowest BCUT2D eigenvalue weighted by Gasteiger charge is -2.02. The van der Waals surface area contributed by atoms with Crippen LogP contribution in [0, 0.1) is 0 Å². The summed E-state index contributed by atoms with van der Waals surface area (Å²) in [6, 6.07) is 9.75. The Morgan fingerprint density at radius 3 is 2.85 bits per heavy atom. The molecule has 0 amide bonds. The zero-order valence-corrected chi connectivity index (χ0v) is 10.9. The van der Waals surface area contributed by atoms with Crippen LogP contribution in [0.25, 0.3) is 11.5 Å². The maximum absolute atomic E-state index is 5.60. The number of nitrogens with zero attached hydrogens (tertiary/aromatic N) is 4. The standard InChI is InChI=1S/C14H15N5O/c1-2-4-12(5-3-1)14-18-17-13(20-14)10-15-6-8-19-9-7-16-11-19/h1-5,7,9,11,15H,6,8,10H2. The molecule has 6 heteroatoms. The van der Waals surface area contributed by atoms with Crippen LogP contribution in [0.4, 0.5) is 0 Å². The van der Waals surface area contributed by atoms with Crippen molar-refractivity contribution in [2.45, 2.75) is 13.1 Å². The van der Waals surface area contributed by atoms with Gasteiger partial charge in [-0.3, -0.25) is 0 Å². The van der Waals surface area contributed by atoms with Crippen molar-refractivity contribution in [1.82, 2.24) is 25.1 Å². The highest BCUT2D eigenvalue weighted by Crippen LogP contribution is 2.16. The van der Waals surface area contributed by atoms with Crippen LogP contribution in [0.2, 0.25) is 0 Å². The van der Waals surface area contributed by atoms with Crippen LogP contribution < -0.4 is 5.32 Å². The molecule has 1 N–H and O–H groups in total. The van der Waals surface area contributed by atoms with E-state index in [0.29, 0.717) is 18.3 Å². The molecule has 0 spiro atoms. The Bertz CT molecular complexity index is 633. The summed E-state index contributed by atoms with van der Waals surface area (Å²) in [6.45, 7) is 2.24. The predicted octanol–water partition coefficient (Wildman–Crippen LogP) is 1.72. The molecule has 0 atom stereocenters. The molecule has 3 rings (SSSR count). The molecule has 0 aliphatic rings. The molecule has 0 aliphatic heterocycles. The van der Waals surface area contributed by atoms with Crippen molar-refractivity contribution in [2.75, 3.05) is 6.54 Å². The van der Waals surface area contributed by atoms with Gasteiger partial charge in [0.05, 0.1) is 12.9 Å². The molecule has 0 unspecified atom stereocenters. The molecule has 2 heterocycles.